The number of hydrogen-bond donors (Lipinski definition) is 1. The second kappa shape index (κ2) is 5.50. The normalized spacial score (nSPS) is 25.9. The van der Waals surface area contributed by atoms with Gasteiger partial charge in [-0.2, -0.15) is 0 Å². The molecule has 0 spiro atoms. The topological polar surface area (TPSA) is 21.3 Å². The van der Waals surface area contributed by atoms with Gasteiger partial charge >= 0.3 is 0 Å². The van der Waals surface area contributed by atoms with E-state index < -0.39 is 0 Å². The van der Waals surface area contributed by atoms with Gasteiger partial charge in [0.15, 0.2) is 0 Å². The van der Waals surface area contributed by atoms with E-state index in [1.54, 1.807) is 0 Å². The van der Waals surface area contributed by atoms with Crippen LogP contribution in [-0.2, 0) is 4.74 Å². The average molecular weight is 225 g/mol. The van der Waals surface area contributed by atoms with Crippen LogP contribution in [0.4, 0.5) is 0 Å². The van der Waals surface area contributed by atoms with E-state index in [0.717, 1.165) is 12.5 Å². The first kappa shape index (κ1) is 12.4. The van der Waals surface area contributed by atoms with Crippen molar-refractivity contribution >= 4 is 0 Å². The largest absolute Gasteiger partial charge is 0.377 e. The molecule has 2 saturated carbocycles. The van der Waals surface area contributed by atoms with Crippen LogP contribution in [0.2, 0.25) is 0 Å². The number of ether oxygens (including phenoxy) is 1. The minimum absolute atomic E-state index is 0.164. The van der Waals surface area contributed by atoms with E-state index in [-0.39, 0.29) is 5.60 Å². The molecule has 0 aromatic heterocycles. The maximum absolute atomic E-state index is 5.92. The maximum atomic E-state index is 5.92. The molecule has 2 aliphatic rings. The Balaban J connectivity index is 1.95. The van der Waals surface area contributed by atoms with Gasteiger partial charge in [0.2, 0.25) is 0 Å². The van der Waals surface area contributed by atoms with Crippen LogP contribution in [0.3, 0.4) is 0 Å². The van der Waals surface area contributed by atoms with Gasteiger partial charge in [0.1, 0.15) is 0 Å². The Bertz CT molecular complexity index is 207. The lowest BCUT2D eigenvalue weighted by atomic mass is 9.88. The molecule has 2 aliphatic carbocycles. The zero-order valence-electron chi connectivity index (χ0n) is 10.9. The quantitative estimate of drug-likeness (QED) is 0.719. The molecule has 0 amide bonds. The van der Waals surface area contributed by atoms with Gasteiger partial charge in [0, 0.05) is 13.2 Å². The van der Waals surface area contributed by atoms with E-state index in [9.17, 15) is 0 Å². The Morgan fingerprint density at radius 3 is 2.50 bits per heavy atom. The van der Waals surface area contributed by atoms with Crippen LogP contribution in [-0.4, -0.2) is 25.3 Å². The third kappa shape index (κ3) is 2.78. The Morgan fingerprint density at radius 2 is 2.00 bits per heavy atom. The highest BCUT2D eigenvalue weighted by atomic mass is 16.5. The summed E-state index contributed by atoms with van der Waals surface area (Å²) in [7, 11) is 1.92. The van der Waals surface area contributed by atoms with Crippen LogP contribution in [0.5, 0.6) is 0 Å². The fraction of sp³-hybridized carbons (Fsp3) is 1.00. The van der Waals surface area contributed by atoms with Crippen molar-refractivity contribution in [2.75, 3.05) is 13.7 Å². The number of methoxy groups -OCH3 is 1. The summed E-state index contributed by atoms with van der Waals surface area (Å²) >= 11 is 0. The van der Waals surface area contributed by atoms with Crippen LogP contribution < -0.4 is 5.32 Å². The van der Waals surface area contributed by atoms with Gasteiger partial charge in [-0.05, 0) is 38.1 Å². The number of nitrogens with one attached hydrogen (secondary N) is 1. The van der Waals surface area contributed by atoms with Crippen LogP contribution >= 0.6 is 0 Å². The van der Waals surface area contributed by atoms with Crippen molar-refractivity contribution in [2.45, 2.75) is 69.9 Å². The Labute approximate surface area is 100 Å². The van der Waals surface area contributed by atoms with E-state index >= 15 is 0 Å². The summed E-state index contributed by atoms with van der Waals surface area (Å²) in [6.07, 6.45) is 10.7. The van der Waals surface area contributed by atoms with Gasteiger partial charge in [-0.3, -0.25) is 0 Å². The zero-order valence-corrected chi connectivity index (χ0v) is 10.9. The van der Waals surface area contributed by atoms with Gasteiger partial charge in [-0.15, -0.1) is 0 Å². The molecule has 0 saturated heterocycles. The van der Waals surface area contributed by atoms with Gasteiger partial charge in [-0.25, -0.2) is 0 Å². The maximum Gasteiger partial charge on any atom is 0.0831 e. The molecule has 2 nitrogen and oxygen atoms in total. The van der Waals surface area contributed by atoms with Crippen LogP contribution in [0, 0.1) is 5.92 Å². The van der Waals surface area contributed by atoms with Crippen LogP contribution in [0.15, 0.2) is 0 Å². The predicted molar refractivity (Wildman–Crippen MR) is 67.6 cm³/mol. The summed E-state index contributed by atoms with van der Waals surface area (Å²) in [6, 6.07) is 0.604. The molecule has 2 rings (SSSR count). The van der Waals surface area contributed by atoms with Crippen molar-refractivity contribution in [1.29, 1.82) is 0 Å². The number of rotatable bonds is 7. The minimum Gasteiger partial charge on any atom is -0.377 e. The van der Waals surface area contributed by atoms with Crippen molar-refractivity contribution in [3.05, 3.63) is 0 Å². The first-order chi connectivity index (χ1) is 7.80. The van der Waals surface area contributed by atoms with Crippen LogP contribution in [0.25, 0.3) is 0 Å². The predicted octanol–water partition coefficient (Wildman–Crippen LogP) is 3.11. The van der Waals surface area contributed by atoms with Crippen LogP contribution in [0.1, 0.15) is 58.3 Å². The zero-order chi connectivity index (χ0) is 11.4. The molecule has 16 heavy (non-hydrogen) atoms. The molecule has 2 heteroatoms. The third-order valence-electron chi connectivity index (χ3n) is 4.40. The van der Waals surface area contributed by atoms with E-state index in [2.05, 4.69) is 12.2 Å². The van der Waals surface area contributed by atoms with E-state index in [0.29, 0.717) is 6.04 Å². The second-order valence-corrected chi connectivity index (χ2v) is 5.66. The highest BCUT2D eigenvalue weighted by Gasteiger charge is 2.43. The molecule has 0 heterocycles. The van der Waals surface area contributed by atoms with Crippen molar-refractivity contribution in [3.8, 4) is 0 Å². The minimum atomic E-state index is 0.164. The third-order valence-corrected chi connectivity index (χ3v) is 4.40. The molecule has 2 fully saturated rings. The highest BCUT2D eigenvalue weighted by molar-refractivity contribution is 4.99. The molecular weight excluding hydrogens is 198 g/mol. The lowest BCUT2D eigenvalue weighted by molar-refractivity contribution is -0.0390. The van der Waals surface area contributed by atoms with Crippen molar-refractivity contribution < 1.29 is 4.74 Å². The molecular formula is C14H27NO. The van der Waals surface area contributed by atoms with Crippen molar-refractivity contribution in [1.82, 2.24) is 5.32 Å². The lowest BCUT2D eigenvalue weighted by Crippen LogP contribution is -2.51. The second-order valence-electron chi connectivity index (χ2n) is 5.66. The molecule has 1 unspecified atom stereocenters. The Hall–Kier alpha value is -0.0800. The van der Waals surface area contributed by atoms with Crippen molar-refractivity contribution in [2.24, 2.45) is 5.92 Å². The molecule has 1 N–H and O–H groups in total. The summed E-state index contributed by atoms with van der Waals surface area (Å²) in [5.41, 5.74) is 0.164. The van der Waals surface area contributed by atoms with Gasteiger partial charge < -0.3 is 10.1 Å². The average Bonchev–Trinajstić information content (AvgIpc) is 2.99. The molecule has 0 aliphatic heterocycles. The monoisotopic (exact) mass is 225 g/mol. The first-order valence-corrected chi connectivity index (χ1v) is 7.09. The Kier molecular flexibility index (Phi) is 4.26. The number of hydrogen-bond acceptors (Lipinski definition) is 2. The standard InChI is InChI=1S/C14H27NO/c1-3-10-15-13(11-12-6-7-12)14(16-2)8-4-5-9-14/h12-13,15H,3-11H2,1-2H3. The molecule has 0 aromatic carbocycles. The summed E-state index contributed by atoms with van der Waals surface area (Å²) in [6.45, 7) is 3.39. The molecule has 1 atom stereocenters. The lowest BCUT2D eigenvalue weighted by Gasteiger charge is -2.37. The molecule has 0 radical (unpaired) electrons. The van der Waals surface area contributed by atoms with E-state index in [4.69, 9.17) is 4.74 Å². The first-order valence-electron chi connectivity index (χ1n) is 7.09. The molecule has 0 bridgehead atoms. The van der Waals surface area contributed by atoms with E-state index in [1.807, 2.05) is 7.11 Å². The summed E-state index contributed by atoms with van der Waals surface area (Å²) in [4.78, 5) is 0. The summed E-state index contributed by atoms with van der Waals surface area (Å²) in [5.74, 6) is 0.988. The highest BCUT2D eigenvalue weighted by Crippen LogP contribution is 2.42. The fourth-order valence-electron chi connectivity index (χ4n) is 3.16. The van der Waals surface area contributed by atoms with Gasteiger partial charge in [0.05, 0.1) is 5.60 Å². The SMILES string of the molecule is CCCNC(CC1CC1)C1(OC)CCCC1. The summed E-state index contributed by atoms with van der Waals surface area (Å²) < 4.78 is 5.92. The van der Waals surface area contributed by atoms with E-state index in [1.165, 1.54) is 51.4 Å². The molecule has 0 aromatic rings. The summed E-state index contributed by atoms with van der Waals surface area (Å²) in [5, 5.41) is 3.75. The van der Waals surface area contributed by atoms with Gasteiger partial charge in [-0.1, -0.05) is 32.6 Å². The fourth-order valence-corrected chi connectivity index (χ4v) is 3.16. The smallest absolute Gasteiger partial charge is 0.0831 e. The Morgan fingerprint density at radius 1 is 1.31 bits per heavy atom. The van der Waals surface area contributed by atoms with Gasteiger partial charge in [0.25, 0.3) is 0 Å². The molecule has 94 valence electrons. The van der Waals surface area contributed by atoms with Crippen molar-refractivity contribution in [3.63, 3.8) is 0 Å².